The molecule has 6 heteroatoms. The maximum atomic E-state index is 6.07. The molecular formula is C30H30N4OS. The molecule has 0 radical (unpaired) electrons. The van der Waals surface area contributed by atoms with Gasteiger partial charge in [0, 0.05) is 29.8 Å². The highest BCUT2D eigenvalue weighted by Crippen LogP contribution is 2.44. The van der Waals surface area contributed by atoms with Crippen LogP contribution in [0.3, 0.4) is 0 Å². The largest absolute Gasteiger partial charge is 0.457 e. The van der Waals surface area contributed by atoms with Crippen molar-refractivity contribution in [1.29, 1.82) is 0 Å². The van der Waals surface area contributed by atoms with Crippen molar-refractivity contribution in [3.05, 3.63) is 108 Å². The molecular weight excluding hydrogens is 464 g/mol. The van der Waals surface area contributed by atoms with Crippen LogP contribution in [0.5, 0.6) is 11.5 Å². The van der Waals surface area contributed by atoms with Crippen LogP contribution >= 0.6 is 12.2 Å². The van der Waals surface area contributed by atoms with Crippen LogP contribution in [-0.4, -0.2) is 14.7 Å². The number of aromatic nitrogens is 2. The lowest BCUT2D eigenvalue weighted by molar-refractivity contribution is 0.461. The molecule has 1 N–H and O–H groups in total. The SMILES string of the molecule is Cc1ccc(Oc2ccc(N3C(=S)N[C@H](c4ccccn4)[C@@H]3c3cccn3C3CCCC3)cc2)cc1. The highest BCUT2D eigenvalue weighted by Gasteiger charge is 2.42. The first-order valence-corrected chi connectivity index (χ1v) is 13.1. The number of thiocarbonyl (C=S) groups is 1. The van der Waals surface area contributed by atoms with Gasteiger partial charge in [0.2, 0.25) is 0 Å². The Balaban J connectivity index is 1.35. The summed E-state index contributed by atoms with van der Waals surface area (Å²) in [6.07, 6.45) is 9.13. The molecule has 36 heavy (non-hydrogen) atoms. The fourth-order valence-corrected chi connectivity index (χ4v) is 5.87. The Morgan fingerprint density at radius 3 is 2.31 bits per heavy atom. The van der Waals surface area contributed by atoms with Gasteiger partial charge in [-0.15, -0.1) is 0 Å². The lowest BCUT2D eigenvalue weighted by Gasteiger charge is -2.30. The van der Waals surface area contributed by atoms with Gasteiger partial charge >= 0.3 is 0 Å². The van der Waals surface area contributed by atoms with Gasteiger partial charge < -0.3 is 19.5 Å². The van der Waals surface area contributed by atoms with Gasteiger partial charge in [-0.25, -0.2) is 0 Å². The minimum atomic E-state index is -0.0442. The number of rotatable bonds is 6. The van der Waals surface area contributed by atoms with Crippen molar-refractivity contribution in [2.24, 2.45) is 0 Å². The molecule has 182 valence electrons. The van der Waals surface area contributed by atoms with Gasteiger partial charge in [0.15, 0.2) is 5.11 Å². The van der Waals surface area contributed by atoms with Crippen LogP contribution in [0.25, 0.3) is 0 Å². The van der Waals surface area contributed by atoms with Crippen molar-refractivity contribution in [1.82, 2.24) is 14.9 Å². The first kappa shape index (κ1) is 22.8. The topological polar surface area (TPSA) is 42.3 Å². The van der Waals surface area contributed by atoms with Crippen LogP contribution in [0, 0.1) is 6.92 Å². The van der Waals surface area contributed by atoms with E-state index in [9.17, 15) is 0 Å². The summed E-state index contributed by atoms with van der Waals surface area (Å²) < 4.78 is 8.55. The first-order chi connectivity index (χ1) is 17.7. The number of hydrogen-bond acceptors (Lipinski definition) is 3. The van der Waals surface area contributed by atoms with Crippen LogP contribution in [0.2, 0.25) is 0 Å². The second-order valence-electron chi connectivity index (χ2n) is 9.68. The fourth-order valence-electron chi connectivity index (χ4n) is 5.52. The molecule has 1 saturated heterocycles. The number of nitrogens with zero attached hydrogens (tertiary/aromatic N) is 3. The zero-order valence-electron chi connectivity index (χ0n) is 20.4. The van der Waals surface area contributed by atoms with Gasteiger partial charge in [-0.2, -0.15) is 0 Å². The third-order valence-electron chi connectivity index (χ3n) is 7.30. The molecule has 2 aromatic heterocycles. The van der Waals surface area contributed by atoms with E-state index in [1.165, 1.54) is 36.9 Å². The molecule has 1 aliphatic heterocycles. The predicted molar refractivity (Wildman–Crippen MR) is 148 cm³/mol. The predicted octanol–water partition coefficient (Wildman–Crippen LogP) is 7.28. The lowest BCUT2D eigenvalue weighted by Crippen LogP contribution is -2.30. The summed E-state index contributed by atoms with van der Waals surface area (Å²) >= 11 is 5.93. The lowest BCUT2D eigenvalue weighted by atomic mass is 10.00. The van der Waals surface area contributed by atoms with E-state index < -0.39 is 0 Å². The van der Waals surface area contributed by atoms with Crippen molar-refractivity contribution < 1.29 is 4.74 Å². The van der Waals surface area contributed by atoms with Crippen LogP contribution in [0.15, 0.2) is 91.3 Å². The maximum absolute atomic E-state index is 6.07. The second kappa shape index (κ2) is 9.78. The number of anilines is 1. The van der Waals surface area contributed by atoms with Gasteiger partial charge in [0.25, 0.3) is 0 Å². The molecule has 0 bridgehead atoms. The van der Waals surface area contributed by atoms with E-state index in [2.05, 4.69) is 70.4 Å². The number of benzene rings is 2. The number of aryl methyl sites for hydroxylation is 1. The number of pyridine rings is 1. The third-order valence-corrected chi connectivity index (χ3v) is 7.62. The Morgan fingerprint density at radius 1 is 0.889 bits per heavy atom. The van der Waals surface area contributed by atoms with E-state index in [0.717, 1.165) is 22.9 Å². The number of nitrogens with one attached hydrogen (secondary N) is 1. The van der Waals surface area contributed by atoms with Gasteiger partial charge in [0.05, 0.1) is 11.7 Å². The molecule has 0 unspecified atom stereocenters. The third kappa shape index (κ3) is 4.37. The number of ether oxygens (including phenoxy) is 1. The molecule has 2 aromatic carbocycles. The fraction of sp³-hybridized carbons (Fsp3) is 0.267. The van der Waals surface area contributed by atoms with Crippen molar-refractivity contribution >= 4 is 23.0 Å². The second-order valence-corrected chi connectivity index (χ2v) is 10.1. The molecule has 0 spiro atoms. The Hall–Kier alpha value is -3.64. The highest BCUT2D eigenvalue weighted by molar-refractivity contribution is 7.80. The summed E-state index contributed by atoms with van der Waals surface area (Å²) in [4.78, 5) is 6.94. The summed E-state index contributed by atoms with van der Waals surface area (Å²) in [5.74, 6) is 1.63. The molecule has 5 nitrogen and oxygen atoms in total. The van der Waals surface area contributed by atoms with Crippen molar-refractivity contribution in [3.63, 3.8) is 0 Å². The smallest absolute Gasteiger partial charge is 0.174 e. The molecule has 2 fully saturated rings. The minimum Gasteiger partial charge on any atom is -0.457 e. The van der Waals surface area contributed by atoms with Crippen LogP contribution in [0.4, 0.5) is 5.69 Å². The molecule has 2 atom stereocenters. The van der Waals surface area contributed by atoms with E-state index in [0.29, 0.717) is 11.2 Å². The van der Waals surface area contributed by atoms with Crippen molar-refractivity contribution in [2.45, 2.75) is 50.7 Å². The van der Waals surface area contributed by atoms with Crippen LogP contribution < -0.4 is 15.0 Å². The summed E-state index contributed by atoms with van der Waals surface area (Å²) in [6.45, 7) is 2.07. The Morgan fingerprint density at radius 2 is 1.61 bits per heavy atom. The average Bonchev–Trinajstić information content (AvgIpc) is 3.66. The Kier molecular flexibility index (Phi) is 6.20. The Labute approximate surface area is 217 Å². The van der Waals surface area contributed by atoms with Crippen molar-refractivity contribution in [3.8, 4) is 11.5 Å². The highest BCUT2D eigenvalue weighted by atomic mass is 32.1. The van der Waals surface area contributed by atoms with Crippen molar-refractivity contribution in [2.75, 3.05) is 4.90 Å². The first-order valence-electron chi connectivity index (χ1n) is 12.7. The molecule has 2 aliphatic rings. The summed E-state index contributed by atoms with van der Waals surface area (Å²) in [5, 5.41) is 4.30. The van der Waals surface area contributed by atoms with E-state index in [4.69, 9.17) is 21.9 Å². The van der Waals surface area contributed by atoms with Crippen LogP contribution in [-0.2, 0) is 0 Å². The van der Waals surface area contributed by atoms with E-state index in [1.54, 1.807) is 0 Å². The molecule has 0 amide bonds. The van der Waals surface area contributed by atoms with Gasteiger partial charge in [-0.05, 0) is 92.6 Å². The average molecular weight is 495 g/mol. The maximum Gasteiger partial charge on any atom is 0.174 e. The zero-order valence-corrected chi connectivity index (χ0v) is 21.2. The van der Waals surface area contributed by atoms with E-state index >= 15 is 0 Å². The summed E-state index contributed by atoms with van der Waals surface area (Å²) in [6, 6.07) is 27.3. The summed E-state index contributed by atoms with van der Waals surface area (Å²) in [5.41, 5.74) is 4.51. The van der Waals surface area contributed by atoms with E-state index in [-0.39, 0.29) is 12.1 Å². The minimum absolute atomic E-state index is 0.00753. The van der Waals surface area contributed by atoms with Crippen LogP contribution in [0.1, 0.15) is 60.8 Å². The quantitative estimate of drug-likeness (QED) is 0.285. The molecule has 3 heterocycles. The molecule has 1 aliphatic carbocycles. The monoisotopic (exact) mass is 494 g/mol. The zero-order chi connectivity index (χ0) is 24.5. The number of hydrogen-bond donors (Lipinski definition) is 1. The Bertz CT molecular complexity index is 1330. The molecule has 6 rings (SSSR count). The molecule has 4 aromatic rings. The molecule has 1 saturated carbocycles. The van der Waals surface area contributed by atoms with Gasteiger partial charge in [0.1, 0.15) is 17.5 Å². The normalized spacial score (nSPS) is 20.0. The summed E-state index contributed by atoms with van der Waals surface area (Å²) in [7, 11) is 0. The van der Waals surface area contributed by atoms with E-state index in [1.807, 2.05) is 42.6 Å². The standard InChI is InChI=1S/C30H30N4OS/c1-21-11-15-24(16-12-21)35-25-17-13-23(14-18-25)34-29(27-10-6-20-33(27)22-7-2-3-8-22)28(32-30(34)36)26-9-4-5-19-31-26/h4-6,9-20,22,28-29H,2-3,7-8H2,1H3,(H,32,36)/t28-,29+/m1/s1. The van der Waals surface area contributed by atoms with Gasteiger partial charge in [-0.3, -0.25) is 4.98 Å². The van der Waals surface area contributed by atoms with Gasteiger partial charge in [-0.1, -0.05) is 36.6 Å².